The van der Waals surface area contributed by atoms with Gasteiger partial charge in [-0.2, -0.15) is 5.10 Å². The van der Waals surface area contributed by atoms with E-state index in [0.717, 1.165) is 17.0 Å². The molecule has 0 aliphatic carbocycles. The van der Waals surface area contributed by atoms with E-state index in [1.165, 1.54) is 4.90 Å². The number of rotatable bonds is 3. The summed E-state index contributed by atoms with van der Waals surface area (Å²) in [5, 5.41) is 4.34. The number of hydrogen-bond donors (Lipinski definition) is 0. The average molecular weight is 325 g/mol. The van der Waals surface area contributed by atoms with Gasteiger partial charge in [0.05, 0.1) is 24.9 Å². The van der Waals surface area contributed by atoms with Gasteiger partial charge in [-0.3, -0.25) is 14.3 Å². The largest absolute Gasteiger partial charge is 0.497 e. The van der Waals surface area contributed by atoms with Crippen LogP contribution in [0.4, 0.5) is 5.69 Å². The molecule has 2 amide bonds. The quantitative estimate of drug-likeness (QED) is 0.642. The van der Waals surface area contributed by atoms with Crippen molar-refractivity contribution in [3.8, 4) is 5.75 Å². The number of imide groups is 1. The lowest BCUT2D eigenvalue weighted by atomic mass is 10.1. The van der Waals surface area contributed by atoms with Crippen LogP contribution in [0, 0.1) is 13.8 Å². The molecule has 0 unspecified atom stereocenters. The fourth-order valence-electron chi connectivity index (χ4n) is 2.85. The lowest BCUT2D eigenvalue weighted by Gasteiger charge is -2.13. The second-order valence-electron chi connectivity index (χ2n) is 5.79. The zero-order valence-corrected chi connectivity index (χ0v) is 14.2. The Bertz CT molecular complexity index is 847. The smallest absolute Gasteiger partial charge is 0.261 e. The molecule has 124 valence electrons. The number of carbonyl (C=O) groups is 2. The number of aromatic nitrogens is 2. The maximum absolute atomic E-state index is 12.7. The number of methoxy groups -OCH3 is 1. The highest BCUT2D eigenvalue weighted by atomic mass is 16.5. The molecule has 1 aromatic carbocycles. The van der Waals surface area contributed by atoms with E-state index >= 15 is 0 Å². The minimum atomic E-state index is -0.284. The van der Waals surface area contributed by atoms with Gasteiger partial charge in [0.2, 0.25) is 5.91 Å². The van der Waals surface area contributed by atoms with Gasteiger partial charge in [0.1, 0.15) is 5.75 Å². The number of hydrogen-bond acceptors (Lipinski definition) is 4. The van der Waals surface area contributed by atoms with Crippen LogP contribution in [0.2, 0.25) is 0 Å². The van der Waals surface area contributed by atoms with Crippen molar-refractivity contribution >= 4 is 23.6 Å². The highest BCUT2D eigenvalue weighted by Gasteiger charge is 2.35. The summed E-state index contributed by atoms with van der Waals surface area (Å²) in [6.07, 6.45) is 1.88. The second-order valence-corrected chi connectivity index (χ2v) is 5.79. The van der Waals surface area contributed by atoms with Gasteiger partial charge >= 0.3 is 0 Å². The fraction of sp³-hybridized carbons (Fsp3) is 0.278. The molecular weight excluding hydrogens is 306 g/mol. The van der Waals surface area contributed by atoms with Crippen molar-refractivity contribution in [2.75, 3.05) is 12.0 Å². The molecule has 0 N–H and O–H groups in total. The molecule has 1 aliphatic heterocycles. The molecule has 1 saturated heterocycles. The second kappa shape index (κ2) is 5.96. The summed E-state index contributed by atoms with van der Waals surface area (Å²) in [4.78, 5) is 26.2. The van der Waals surface area contributed by atoms with Gasteiger partial charge in [-0.25, -0.2) is 4.90 Å². The molecule has 0 spiro atoms. The molecule has 6 heteroatoms. The van der Waals surface area contributed by atoms with Crippen molar-refractivity contribution in [2.24, 2.45) is 7.05 Å². The molecule has 6 nitrogen and oxygen atoms in total. The molecule has 2 heterocycles. The third-order valence-corrected chi connectivity index (χ3v) is 4.28. The van der Waals surface area contributed by atoms with E-state index in [1.54, 1.807) is 42.1 Å². The van der Waals surface area contributed by atoms with Crippen molar-refractivity contribution in [1.29, 1.82) is 0 Å². The summed E-state index contributed by atoms with van der Waals surface area (Å²) in [5.41, 5.74) is 3.72. The summed E-state index contributed by atoms with van der Waals surface area (Å²) < 4.78 is 6.87. The summed E-state index contributed by atoms with van der Waals surface area (Å²) >= 11 is 0. The van der Waals surface area contributed by atoms with Crippen molar-refractivity contribution in [2.45, 2.75) is 20.3 Å². The Morgan fingerprint density at radius 2 is 1.83 bits per heavy atom. The molecule has 0 saturated carbocycles. The van der Waals surface area contributed by atoms with Crippen LogP contribution >= 0.6 is 0 Å². The van der Waals surface area contributed by atoms with Crippen molar-refractivity contribution in [1.82, 2.24) is 9.78 Å². The fourth-order valence-corrected chi connectivity index (χ4v) is 2.85. The Balaban J connectivity index is 1.95. The number of aryl methyl sites for hydroxylation is 2. The van der Waals surface area contributed by atoms with Crippen LogP contribution in [-0.4, -0.2) is 28.7 Å². The van der Waals surface area contributed by atoms with Crippen LogP contribution in [0.5, 0.6) is 5.75 Å². The minimum absolute atomic E-state index is 0.0959. The van der Waals surface area contributed by atoms with E-state index in [4.69, 9.17) is 4.74 Å². The molecule has 1 fully saturated rings. The van der Waals surface area contributed by atoms with Gasteiger partial charge in [0.15, 0.2) is 0 Å². The summed E-state index contributed by atoms with van der Waals surface area (Å²) in [7, 11) is 3.43. The number of carbonyl (C=O) groups excluding carboxylic acids is 2. The van der Waals surface area contributed by atoms with E-state index < -0.39 is 0 Å². The van der Waals surface area contributed by atoms with Gasteiger partial charge in [-0.15, -0.1) is 0 Å². The predicted molar refractivity (Wildman–Crippen MR) is 90.8 cm³/mol. The number of nitrogens with zero attached hydrogens (tertiary/aromatic N) is 3. The van der Waals surface area contributed by atoms with Crippen LogP contribution < -0.4 is 9.64 Å². The Morgan fingerprint density at radius 1 is 1.17 bits per heavy atom. The molecule has 2 aromatic rings. The lowest BCUT2D eigenvalue weighted by Crippen LogP contribution is -2.28. The molecular formula is C18H19N3O3. The number of amides is 2. The first-order chi connectivity index (χ1) is 11.4. The van der Waals surface area contributed by atoms with Crippen molar-refractivity contribution in [3.63, 3.8) is 0 Å². The first kappa shape index (κ1) is 16.0. The third-order valence-electron chi connectivity index (χ3n) is 4.28. The van der Waals surface area contributed by atoms with Crippen LogP contribution in [0.15, 0.2) is 29.8 Å². The standard InChI is InChI=1S/C18H19N3O3/c1-11-16(12(2)20(3)19-11)9-13-10-17(22)21(18(13)23)14-5-7-15(24-4)8-6-14/h5-9H,10H2,1-4H3. The minimum Gasteiger partial charge on any atom is -0.497 e. The predicted octanol–water partition coefficient (Wildman–Crippen LogP) is 2.39. The highest BCUT2D eigenvalue weighted by Crippen LogP contribution is 2.29. The monoisotopic (exact) mass is 325 g/mol. The number of benzene rings is 1. The van der Waals surface area contributed by atoms with E-state index in [1.807, 2.05) is 20.9 Å². The molecule has 1 aliphatic rings. The first-order valence-corrected chi connectivity index (χ1v) is 7.64. The van der Waals surface area contributed by atoms with Gasteiger partial charge in [-0.1, -0.05) is 0 Å². The van der Waals surface area contributed by atoms with Crippen LogP contribution in [0.25, 0.3) is 6.08 Å². The van der Waals surface area contributed by atoms with Gasteiger partial charge < -0.3 is 4.74 Å². The SMILES string of the molecule is COc1ccc(N2C(=O)CC(=Cc3c(C)nn(C)c3C)C2=O)cc1. The van der Waals surface area contributed by atoms with Crippen LogP contribution in [-0.2, 0) is 16.6 Å². The molecule has 0 radical (unpaired) electrons. The Kier molecular flexibility index (Phi) is 3.97. The normalized spacial score (nSPS) is 16.3. The van der Waals surface area contributed by atoms with Crippen molar-refractivity contribution in [3.05, 3.63) is 46.8 Å². The van der Waals surface area contributed by atoms with Gasteiger partial charge in [0.25, 0.3) is 5.91 Å². The molecule has 0 bridgehead atoms. The maximum atomic E-state index is 12.7. The topological polar surface area (TPSA) is 64.4 Å². The van der Waals surface area contributed by atoms with E-state index in [2.05, 4.69) is 5.10 Å². The van der Waals surface area contributed by atoms with Gasteiger partial charge in [-0.05, 0) is 44.2 Å². The van der Waals surface area contributed by atoms with E-state index in [9.17, 15) is 9.59 Å². The van der Waals surface area contributed by atoms with Crippen LogP contribution in [0.1, 0.15) is 23.4 Å². The van der Waals surface area contributed by atoms with Crippen molar-refractivity contribution < 1.29 is 14.3 Å². The molecule has 24 heavy (non-hydrogen) atoms. The summed E-state index contributed by atoms with van der Waals surface area (Å²) in [6, 6.07) is 6.87. The highest BCUT2D eigenvalue weighted by molar-refractivity contribution is 6.29. The third kappa shape index (κ3) is 2.60. The first-order valence-electron chi connectivity index (χ1n) is 7.64. The molecule has 3 rings (SSSR count). The number of ether oxygens (including phenoxy) is 1. The Morgan fingerprint density at radius 3 is 2.38 bits per heavy atom. The van der Waals surface area contributed by atoms with Gasteiger partial charge in [0, 0.05) is 23.9 Å². The Hall–Kier alpha value is -2.89. The maximum Gasteiger partial charge on any atom is 0.261 e. The van der Waals surface area contributed by atoms with E-state index in [0.29, 0.717) is 17.0 Å². The summed E-state index contributed by atoms with van der Waals surface area (Å²) in [6.45, 7) is 3.83. The zero-order chi connectivity index (χ0) is 17.4. The average Bonchev–Trinajstić information content (AvgIpc) is 2.98. The van der Waals surface area contributed by atoms with E-state index in [-0.39, 0.29) is 18.2 Å². The molecule has 0 atom stereocenters. The van der Waals surface area contributed by atoms with Crippen LogP contribution in [0.3, 0.4) is 0 Å². The lowest BCUT2D eigenvalue weighted by molar-refractivity contribution is -0.120. The summed E-state index contributed by atoms with van der Waals surface area (Å²) in [5.74, 6) is 0.165. The Labute approximate surface area is 140 Å². The molecule has 1 aromatic heterocycles. The number of anilines is 1. The zero-order valence-electron chi connectivity index (χ0n) is 14.2.